The van der Waals surface area contributed by atoms with Crippen molar-refractivity contribution in [2.24, 2.45) is 0 Å². The molecule has 0 saturated carbocycles. The number of benzene rings is 2. The van der Waals surface area contributed by atoms with Crippen molar-refractivity contribution >= 4 is 5.97 Å². The second-order valence-electron chi connectivity index (χ2n) is 8.90. The van der Waals surface area contributed by atoms with E-state index in [1.807, 2.05) is 12.1 Å². The summed E-state index contributed by atoms with van der Waals surface area (Å²) < 4.78 is 4.74. The molecule has 0 spiro atoms. The number of carbonyl (C=O) groups is 1. The molecule has 0 amide bonds. The summed E-state index contributed by atoms with van der Waals surface area (Å²) >= 11 is 0. The number of hydrogen-bond acceptors (Lipinski definition) is 3. The highest BCUT2D eigenvalue weighted by atomic mass is 16.5. The third-order valence-electron chi connectivity index (χ3n) is 4.63. The number of aromatic hydroxyl groups is 1. The van der Waals surface area contributed by atoms with Crippen LogP contribution in [0.3, 0.4) is 0 Å². The fourth-order valence-electron chi connectivity index (χ4n) is 2.93. The van der Waals surface area contributed by atoms with Gasteiger partial charge >= 0.3 is 5.97 Å². The predicted molar refractivity (Wildman–Crippen MR) is 106 cm³/mol. The molecule has 0 aliphatic carbocycles. The van der Waals surface area contributed by atoms with Crippen LogP contribution in [0.1, 0.15) is 74.2 Å². The molecule has 2 aromatic carbocycles. The van der Waals surface area contributed by atoms with E-state index in [1.54, 1.807) is 12.1 Å². The van der Waals surface area contributed by atoms with Crippen molar-refractivity contribution in [3.63, 3.8) is 0 Å². The second-order valence-corrected chi connectivity index (χ2v) is 8.90. The molecule has 0 heterocycles. The third-order valence-corrected chi connectivity index (χ3v) is 4.63. The average molecular weight is 354 g/mol. The Morgan fingerprint density at radius 3 is 2.00 bits per heavy atom. The fourth-order valence-corrected chi connectivity index (χ4v) is 2.93. The van der Waals surface area contributed by atoms with Crippen LogP contribution in [0, 0.1) is 0 Å². The maximum atomic E-state index is 11.6. The van der Waals surface area contributed by atoms with E-state index in [1.165, 1.54) is 12.7 Å². The van der Waals surface area contributed by atoms with Crippen LogP contribution in [0.15, 0.2) is 36.4 Å². The number of hydrogen-bond donors (Lipinski definition) is 1. The Kier molecular flexibility index (Phi) is 5.50. The van der Waals surface area contributed by atoms with Crippen LogP contribution in [0.25, 0.3) is 0 Å². The summed E-state index contributed by atoms with van der Waals surface area (Å²) in [5.41, 5.74) is 4.50. The Morgan fingerprint density at radius 2 is 1.54 bits per heavy atom. The number of ether oxygens (including phenoxy) is 1. The number of esters is 1. The summed E-state index contributed by atoms with van der Waals surface area (Å²) in [6.07, 6.45) is 0.611. The first-order valence-corrected chi connectivity index (χ1v) is 8.97. The molecule has 2 aromatic rings. The van der Waals surface area contributed by atoms with Gasteiger partial charge in [0, 0.05) is 6.42 Å². The van der Waals surface area contributed by atoms with Crippen LogP contribution in [0.4, 0.5) is 0 Å². The Morgan fingerprint density at radius 1 is 0.962 bits per heavy atom. The first kappa shape index (κ1) is 20.0. The van der Waals surface area contributed by atoms with Gasteiger partial charge in [-0.2, -0.15) is 0 Å². The first-order valence-electron chi connectivity index (χ1n) is 8.97. The van der Waals surface area contributed by atoms with Gasteiger partial charge in [0.05, 0.1) is 12.7 Å². The fraction of sp³-hybridized carbons (Fsp3) is 0.435. The van der Waals surface area contributed by atoms with E-state index in [0.717, 1.165) is 16.7 Å². The van der Waals surface area contributed by atoms with Gasteiger partial charge in [-0.25, -0.2) is 4.79 Å². The van der Waals surface area contributed by atoms with Crippen molar-refractivity contribution in [1.29, 1.82) is 0 Å². The Hall–Kier alpha value is -2.29. The second kappa shape index (κ2) is 7.14. The Balaban J connectivity index is 2.47. The molecule has 3 heteroatoms. The normalized spacial score (nSPS) is 12.1. The molecule has 26 heavy (non-hydrogen) atoms. The van der Waals surface area contributed by atoms with E-state index < -0.39 is 0 Å². The maximum Gasteiger partial charge on any atom is 0.337 e. The summed E-state index contributed by atoms with van der Waals surface area (Å²) in [7, 11) is 1.38. The summed E-state index contributed by atoms with van der Waals surface area (Å²) in [6, 6.07) is 11.6. The van der Waals surface area contributed by atoms with Crippen LogP contribution in [0.2, 0.25) is 0 Å². The molecule has 0 aliphatic rings. The monoisotopic (exact) mass is 354 g/mol. The predicted octanol–water partition coefficient (Wildman–Crippen LogP) is 5.36. The van der Waals surface area contributed by atoms with Gasteiger partial charge in [-0.15, -0.1) is 0 Å². The molecule has 0 atom stereocenters. The lowest BCUT2D eigenvalue weighted by Gasteiger charge is -2.27. The van der Waals surface area contributed by atoms with E-state index >= 15 is 0 Å². The highest BCUT2D eigenvalue weighted by Crippen LogP contribution is 2.38. The highest BCUT2D eigenvalue weighted by Gasteiger charge is 2.25. The summed E-state index contributed by atoms with van der Waals surface area (Å²) in [4.78, 5) is 11.6. The average Bonchev–Trinajstić information content (AvgIpc) is 2.54. The molecule has 0 aromatic heterocycles. The zero-order chi connectivity index (χ0) is 19.7. The van der Waals surface area contributed by atoms with E-state index in [-0.39, 0.29) is 16.8 Å². The minimum absolute atomic E-state index is 0.00279. The van der Waals surface area contributed by atoms with Gasteiger partial charge in [0.2, 0.25) is 0 Å². The van der Waals surface area contributed by atoms with Crippen LogP contribution < -0.4 is 0 Å². The molecular formula is C23H30O3. The van der Waals surface area contributed by atoms with Crippen LogP contribution in [-0.2, 0) is 22.0 Å². The quantitative estimate of drug-likeness (QED) is 0.754. The number of carbonyl (C=O) groups excluding carboxylic acids is 1. The van der Waals surface area contributed by atoms with Gasteiger partial charge in [0.25, 0.3) is 0 Å². The smallest absolute Gasteiger partial charge is 0.337 e. The lowest BCUT2D eigenvalue weighted by atomic mass is 9.78. The number of rotatable bonds is 3. The molecule has 0 aliphatic heterocycles. The topological polar surface area (TPSA) is 46.5 Å². The molecule has 3 nitrogen and oxygen atoms in total. The molecule has 140 valence electrons. The molecule has 2 rings (SSSR count). The molecule has 0 saturated heterocycles. The molecular weight excluding hydrogens is 324 g/mol. The standard InChI is InChI=1S/C23H30O3/c1-22(2,3)18-13-17(20(24)19(14-18)23(4,5)6)12-15-8-10-16(11-9-15)21(25)26-7/h8-11,13-14,24H,12H2,1-7H3. The molecule has 0 fully saturated rings. The molecule has 0 bridgehead atoms. The van der Waals surface area contributed by atoms with Crippen molar-refractivity contribution in [2.75, 3.05) is 7.11 Å². The van der Waals surface area contributed by atoms with Crippen LogP contribution in [-0.4, -0.2) is 18.2 Å². The van der Waals surface area contributed by atoms with E-state index in [0.29, 0.717) is 17.7 Å². The summed E-state index contributed by atoms with van der Waals surface area (Å²) in [5.74, 6) is 0.0201. The SMILES string of the molecule is COC(=O)c1ccc(Cc2cc(C(C)(C)C)cc(C(C)(C)C)c2O)cc1. The van der Waals surface area contributed by atoms with E-state index in [2.05, 4.69) is 53.7 Å². The third kappa shape index (κ3) is 4.46. The van der Waals surface area contributed by atoms with Gasteiger partial charge in [-0.1, -0.05) is 65.8 Å². The van der Waals surface area contributed by atoms with Crippen molar-refractivity contribution in [2.45, 2.75) is 58.8 Å². The lowest BCUT2D eigenvalue weighted by molar-refractivity contribution is 0.0600. The van der Waals surface area contributed by atoms with Crippen molar-refractivity contribution in [3.8, 4) is 5.75 Å². The van der Waals surface area contributed by atoms with E-state index in [9.17, 15) is 9.90 Å². The van der Waals surface area contributed by atoms with Crippen LogP contribution in [0.5, 0.6) is 5.75 Å². The van der Waals surface area contributed by atoms with Crippen LogP contribution >= 0.6 is 0 Å². The van der Waals surface area contributed by atoms with Crippen molar-refractivity contribution in [1.82, 2.24) is 0 Å². The zero-order valence-electron chi connectivity index (χ0n) is 16.9. The van der Waals surface area contributed by atoms with E-state index in [4.69, 9.17) is 4.74 Å². The van der Waals surface area contributed by atoms with Crippen molar-refractivity contribution < 1.29 is 14.6 Å². The Labute approximate surface area is 157 Å². The Bertz CT molecular complexity index is 788. The molecule has 0 unspecified atom stereocenters. The molecule has 1 N–H and O–H groups in total. The lowest BCUT2D eigenvalue weighted by Crippen LogP contribution is -2.17. The number of methoxy groups -OCH3 is 1. The zero-order valence-corrected chi connectivity index (χ0v) is 16.9. The maximum absolute atomic E-state index is 11.6. The van der Waals surface area contributed by atoms with Gasteiger partial charge in [-0.3, -0.25) is 0 Å². The number of phenolic OH excluding ortho intramolecular Hbond substituents is 1. The first-order chi connectivity index (χ1) is 11.9. The summed E-state index contributed by atoms with van der Waals surface area (Å²) in [6.45, 7) is 12.9. The number of phenols is 1. The van der Waals surface area contributed by atoms with Crippen molar-refractivity contribution in [3.05, 3.63) is 64.2 Å². The minimum Gasteiger partial charge on any atom is -0.507 e. The van der Waals surface area contributed by atoms with Gasteiger partial charge in [-0.05, 0) is 45.2 Å². The highest BCUT2D eigenvalue weighted by molar-refractivity contribution is 5.89. The van der Waals surface area contributed by atoms with Gasteiger partial charge in [0.1, 0.15) is 5.75 Å². The van der Waals surface area contributed by atoms with Gasteiger partial charge in [0.15, 0.2) is 0 Å². The van der Waals surface area contributed by atoms with Gasteiger partial charge < -0.3 is 9.84 Å². The largest absolute Gasteiger partial charge is 0.507 e. The summed E-state index contributed by atoms with van der Waals surface area (Å²) in [5, 5.41) is 10.9. The molecule has 0 radical (unpaired) electrons. The minimum atomic E-state index is -0.343.